The van der Waals surface area contributed by atoms with Gasteiger partial charge < -0.3 is 11.1 Å². The van der Waals surface area contributed by atoms with E-state index in [4.69, 9.17) is 17.3 Å². The summed E-state index contributed by atoms with van der Waals surface area (Å²) in [5.74, 6) is -0.00714. The number of carbonyl (C=O) groups is 1. The smallest absolute Gasteiger partial charge is 0.238 e. The lowest BCUT2D eigenvalue weighted by atomic mass is 9.91. The van der Waals surface area contributed by atoms with Crippen molar-refractivity contribution < 1.29 is 4.79 Å². The van der Waals surface area contributed by atoms with Crippen LogP contribution < -0.4 is 11.1 Å². The highest BCUT2D eigenvalue weighted by Gasteiger charge is 2.23. The largest absolute Gasteiger partial charge is 0.328 e. The normalized spacial score (nSPS) is 22.3. The van der Waals surface area contributed by atoms with E-state index in [-0.39, 0.29) is 5.91 Å². The number of anilines is 1. The summed E-state index contributed by atoms with van der Waals surface area (Å²) in [6, 6.07) is 6.35. The van der Waals surface area contributed by atoms with Gasteiger partial charge in [-0.05, 0) is 57.4 Å². The molecule has 4 nitrogen and oxygen atoms in total. The van der Waals surface area contributed by atoms with Crippen LogP contribution in [0.3, 0.4) is 0 Å². The van der Waals surface area contributed by atoms with E-state index >= 15 is 0 Å². The zero-order valence-corrected chi connectivity index (χ0v) is 13.5. The maximum atomic E-state index is 12.1. The van der Waals surface area contributed by atoms with Gasteiger partial charge in [0.25, 0.3) is 0 Å². The van der Waals surface area contributed by atoms with Gasteiger partial charge in [-0.15, -0.1) is 0 Å². The Morgan fingerprint density at radius 2 is 2.05 bits per heavy atom. The Bertz CT molecular complexity index is 498. The topological polar surface area (TPSA) is 58.4 Å². The third-order valence-corrected chi connectivity index (χ3v) is 4.62. The van der Waals surface area contributed by atoms with Gasteiger partial charge >= 0.3 is 0 Å². The average molecular weight is 310 g/mol. The van der Waals surface area contributed by atoms with Crippen LogP contribution >= 0.6 is 11.6 Å². The Hall–Kier alpha value is -1.10. The number of nitrogens with zero attached hydrogens (tertiary/aromatic N) is 1. The van der Waals surface area contributed by atoms with Crippen molar-refractivity contribution in [3.63, 3.8) is 0 Å². The van der Waals surface area contributed by atoms with E-state index in [0.717, 1.165) is 36.9 Å². The first-order valence-electron chi connectivity index (χ1n) is 7.47. The third kappa shape index (κ3) is 4.70. The summed E-state index contributed by atoms with van der Waals surface area (Å²) in [5.41, 5.74) is 7.67. The molecule has 1 aromatic rings. The van der Waals surface area contributed by atoms with Gasteiger partial charge in [-0.2, -0.15) is 0 Å². The van der Waals surface area contributed by atoms with Crippen LogP contribution in [0.2, 0.25) is 5.02 Å². The number of nitrogens with one attached hydrogen (secondary N) is 1. The zero-order valence-electron chi connectivity index (χ0n) is 12.7. The van der Waals surface area contributed by atoms with E-state index in [1.165, 1.54) is 0 Å². The molecule has 0 atom stereocenters. The lowest BCUT2D eigenvalue weighted by Crippen LogP contribution is -2.42. The molecule has 0 saturated heterocycles. The molecule has 3 N–H and O–H groups in total. The number of rotatable bonds is 4. The van der Waals surface area contributed by atoms with E-state index in [1.807, 2.05) is 26.1 Å². The highest BCUT2D eigenvalue weighted by Crippen LogP contribution is 2.22. The first-order valence-corrected chi connectivity index (χ1v) is 7.85. The Balaban J connectivity index is 1.84. The van der Waals surface area contributed by atoms with E-state index < -0.39 is 0 Å². The summed E-state index contributed by atoms with van der Waals surface area (Å²) in [7, 11) is 2.00. The number of halogens is 1. The average Bonchev–Trinajstić information content (AvgIpc) is 2.43. The van der Waals surface area contributed by atoms with Crippen LogP contribution in [0.15, 0.2) is 18.2 Å². The minimum absolute atomic E-state index is 0.00714. The lowest BCUT2D eigenvalue weighted by molar-refractivity contribution is -0.117. The number of amides is 1. The van der Waals surface area contributed by atoms with Gasteiger partial charge in [0.15, 0.2) is 0 Å². The van der Waals surface area contributed by atoms with Crippen molar-refractivity contribution in [1.29, 1.82) is 0 Å². The lowest BCUT2D eigenvalue weighted by Gasteiger charge is -2.33. The second-order valence-corrected chi connectivity index (χ2v) is 6.40. The molecule has 0 aromatic heterocycles. The number of hydrogen-bond donors (Lipinski definition) is 2. The molecule has 1 aliphatic rings. The molecule has 1 amide bonds. The van der Waals surface area contributed by atoms with Crippen molar-refractivity contribution in [2.75, 3.05) is 18.9 Å². The number of likely N-dealkylation sites (N-methyl/N-ethyl adjacent to an activating group) is 1. The molecular formula is C16H24ClN3O. The van der Waals surface area contributed by atoms with E-state index in [0.29, 0.717) is 23.7 Å². The fourth-order valence-electron chi connectivity index (χ4n) is 2.77. The Kier molecular flexibility index (Phi) is 5.62. The fraction of sp³-hybridized carbons (Fsp3) is 0.562. The van der Waals surface area contributed by atoms with Gasteiger partial charge in [0.2, 0.25) is 5.91 Å². The number of benzene rings is 1. The molecule has 0 spiro atoms. The molecule has 1 aliphatic carbocycles. The highest BCUT2D eigenvalue weighted by atomic mass is 35.5. The number of carbonyl (C=O) groups excluding carboxylic acids is 1. The van der Waals surface area contributed by atoms with Crippen LogP contribution in [-0.4, -0.2) is 36.5 Å². The number of aryl methyl sites for hydroxylation is 1. The summed E-state index contributed by atoms with van der Waals surface area (Å²) < 4.78 is 0. The van der Waals surface area contributed by atoms with E-state index in [1.54, 1.807) is 6.07 Å². The second kappa shape index (κ2) is 7.25. The Morgan fingerprint density at radius 3 is 2.67 bits per heavy atom. The minimum atomic E-state index is -0.00714. The van der Waals surface area contributed by atoms with Gasteiger partial charge in [0, 0.05) is 22.8 Å². The van der Waals surface area contributed by atoms with Crippen molar-refractivity contribution in [3.8, 4) is 0 Å². The first-order chi connectivity index (χ1) is 9.95. The highest BCUT2D eigenvalue weighted by molar-refractivity contribution is 6.31. The monoisotopic (exact) mass is 309 g/mol. The molecule has 0 heterocycles. The molecule has 21 heavy (non-hydrogen) atoms. The van der Waals surface area contributed by atoms with Crippen molar-refractivity contribution >= 4 is 23.2 Å². The van der Waals surface area contributed by atoms with Crippen LogP contribution in [0, 0.1) is 6.92 Å². The predicted octanol–water partition coefficient (Wildman–Crippen LogP) is 2.79. The zero-order chi connectivity index (χ0) is 15.4. The second-order valence-electron chi connectivity index (χ2n) is 6.00. The van der Waals surface area contributed by atoms with Gasteiger partial charge in [-0.25, -0.2) is 0 Å². The van der Waals surface area contributed by atoms with Gasteiger partial charge in [0.1, 0.15) is 0 Å². The van der Waals surface area contributed by atoms with Crippen LogP contribution in [-0.2, 0) is 4.79 Å². The predicted molar refractivity (Wildman–Crippen MR) is 87.7 cm³/mol. The van der Waals surface area contributed by atoms with Gasteiger partial charge in [-0.3, -0.25) is 9.69 Å². The van der Waals surface area contributed by atoms with Crippen molar-refractivity contribution in [1.82, 2.24) is 4.90 Å². The summed E-state index contributed by atoms with van der Waals surface area (Å²) >= 11 is 6.06. The van der Waals surface area contributed by atoms with Crippen LogP contribution in [0.5, 0.6) is 0 Å². The third-order valence-electron chi connectivity index (χ3n) is 4.21. The standard InChI is InChI=1S/C16H24ClN3O/c1-11-3-6-13(9-15(11)17)19-16(21)10-20(2)14-7-4-12(18)5-8-14/h3,6,9,12,14H,4-5,7-8,10,18H2,1-2H3,(H,19,21). The number of hydrogen-bond acceptors (Lipinski definition) is 3. The van der Waals surface area contributed by atoms with Crippen LogP contribution in [0.1, 0.15) is 31.2 Å². The van der Waals surface area contributed by atoms with Gasteiger partial charge in [0.05, 0.1) is 6.54 Å². The Morgan fingerprint density at radius 1 is 1.38 bits per heavy atom. The summed E-state index contributed by atoms with van der Waals surface area (Å²) in [6.45, 7) is 2.33. The molecule has 0 aliphatic heterocycles. The van der Waals surface area contributed by atoms with E-state index in [2.05, 4.69) is 10.2 Å². The molecular weight excluding hydrogens is 286 g/mol. The maximum Gasteiger partial charge on any atom is 0.238 e. The molecule has 1 aromatic carbocycles. The molecule has 0 radical (unpaired) electrons. The Labute approximate surface area is 131 Å². The fourth-order valence-corrected chi connectivity index (χ4v) is 2.95. The minimum Gasteiger partial charge on any atom is -0.328 e. The quantitative estimate of drug-likeness (QED) is 0.899. The van der Waals surface area contributed by atoms with Crippen molar-refractivity contribution in [2.45, 2.75) is 44.7 Å². The van der Waals surface area contributed by atoms with Crippen molar-refractivity contribution in [3.05, 3.63) is 28.8 Å². The molecule has 0 unspecified atom stereocenters. The summed E-state index contributed by atoms with van der Waals surface area (Å²) in [4.78, 5) is 14.2. The van der Waals surface area contributed by atoms with Gasteiger partial charge in [-0.1, -0.05) is 17.7 Å². The van der Waals surface area contributed by atoms with Crippen LogP contribution in [0.4, 0.5) is 5.69 Å². The molecule has 2 rings (SSSR count). The van der Waals surface area contributed by atoms with Crippen molar-refractivity contribution in [2.24, 2.45) is 5.73 Å². The molecule has 1 saturated carbocycles. The maximum absolute atomic E-state index is 12.1. The van der Waals surface area contributed by atoms with Crippen LogP contribution in [0.25, 0.3) is 0 Å². The first kappa shape index (κ1) is 16.3. The number of nitrogens with two attached hydrogens (primary N) is 1. The van der Waals surface area contributed by atoms with E-state index in [9.17, 15) is 4.79 Å². The summed E-state index contributed by atoms with van der Waals surface area (Å²) in [5, 5.41) is 3.57. The molecule has 1 fully saturated rings. The molecule has 5 heteroatoms. The summed E-state index contributed by atoms with van der Waals surface area (Å²) in [6.07, 6.45) is 4.23. The molecule has 116 valence electrons. The molecule has 0 bridgehead atoms. The SMILES string of the molecule is Cc1ccc(NC(=O)CN(C)C2CCC(N)CC2)cc1Cl.